The number of rotatable bonds is 3. The maximum Gasteiger partial charge on any atom is 0.101 e. The predicted molar refractivity (Wildman–Crippen MR) is 76.6 cm³/mol. The second-order valence-electron chi connectivity index (χ2n) is 3.74. The van der Waals surface area contributed by atoms with E-state index in [0.29, 0.717) is 11.3 Å². The molecule has 0 aliphatic rings. The number of nitrogens with zero attached hydrogens (tertiary/aromatic N) is 1. The van der Waals surface area contributed by atoms with Gasteiger partial charge in [0.2, 0.25) is 0 Å². The van der Waals surface area contributed by atoms with E-state index in [9.17, 15) is 0 Å². The molecule has 4 heteroatoms. The van der Waals surface area contributed by atoms with Crippen LogP contribution in [0.15, 0.2) is 47.4 Å². The lowest BCUT2D eigenvalue weighted by atomic mass is 10.2. The van der Waals surface area contributed by atoms with Crippen LogP contribution in [0.4, 0.5) is 5.69 Å². The minimum absolute atomic E-state index is 0.513. The number of thioether (sulfide) groups is 1. The molecule has 0 unspecified atom stereocenters. The van der Waals surface area contributed by atoms with Crippen molar-refractivity contribution >= 4 is 29.1 Å². The first-order valence-electron chi connectivity index (χ1n) is 5.36. The molecule has 0 aliphatic heterocycles. The van der Waals surface area contributed by atoms with Crippen LogP contribution in [0.5, 0.6) is 0 Å². The zero-order valence-electron chi connectivity index (χ0n) is 9.56. The molecular formula is C14H11ClN2S. The molecule has 0 saturated heterocycles. The molecule has 2 N–H and O–H groups in total. The fraction of sp³-hybridized carbons (Fsp3) is 0.0714. The van der Waals surface area contributed by atoms with Crippen LogP contribution in [0.1, 0.15) is 11.1 Å². The topological polar surface area (TPSA) is 49.8 Å². The number of nitrogens with two attached hydrogens (primary N) is 1. The summed E-state index contributed by atoms with van der Waals surface area (Å²) in [5.74, 6) is 0.772. The van der Waals surface area contributed by atoms with Gasteiger partial charge in [0.25, 0.3) is 0 Å². The van der Waals surface area contributed by atoms with Gasteiger partial charge in [0.05, 0.1) is 5.56 Å². The van der Waals surface area contributed by atoms with Crippen molar-refractivity contribution in [2.24, 2.45) is 0 Å². The van der Waals surface area contributed by atoms with Gasteiger partial charge in [-0.15, -0.1) is 11.8 Å². The summed E-state index contributed by atoms with van der Waals surface area (Å²) in [7, 11) is 0. The van der Waals surface area contributed by atoms with Gasteiger partial charge >= 0.3 is 0 Å². The summed E-state index contributed by atoms with van der Waals surface area (Å²) in [5, 5.41) is 9.68. The van der Waals surface area contributed by atoms with Crippen molar-refractivity contribution in [3.05, 3.63) is 58.6 Å². The van der Waals surface area contributed by atoms with Crippen LogP contribution < -0.4 is 5.73 Å². The van der Waals surface area contributed by atoms with E-state index in [1.54, 1.807) is 23.9 Å². The van der Waals surface area contributed by atoms with Crippen molar-refractivity contribution in [2.45, 2.75) is 10.6 Å². The highest BCUT2D eigenvalue weighted by atomic mass is 35.5. The largest absolute Gasteiger partial charge is 0.398 e. The molecule has 0 heterocycles. The van der Waals surface area contributed by atoms with Gasteiger partial charge in [-0.2, -0.15) is 5.26 Å². The number of anilines is 1. The monoisotopic (exact) mass is 274 g/mol. The van der Waals surface area contributed by atoms with Gasteiger partial charge in [-0.25, -0.2) is 0 Å². The molecule has 2 aromatic carbocycles. The maximum atomic E-state index is 8.91. The lowest BCUT2D eigenvalue weighted by molar-refractivity contribution is 1.37. The molecule has 2 rings (SSSR count). The summed E-state index contributed by atoms with van der Waals surface area (Å²) in [5.41, 5.74) is 7.79. The maximum absolute atomic E-state index is 8.91. The Morgan fingerprint density at radius 1 is 1.22 bits per heavy atom. The minimum atomic E-state index is 0.513. The molecule has 2 nitrogen and oxygen atoms in total. The molecule has 90 valence electrons. The van der Waals surface area contributed by atoms with Crippen molar-refractivity contribution in [3.63, 3.8) is 0 Å². The molecule has 0 aromatic heterocycles. The van der Waals surface area contributed by atoms with E-state index in [1.165, 1.54) is 0 Å². The number of hydrogen-bond donors (Lipinski definition) is 1. The van der Waals surface area contributed by atoms with Gasteiger partial charge < -0.3 is 5.73 Å². The van der Waals surface area contributed by atoms with Crippen molar-refractivity contribution in [3.8, 4) is 6.07 Å². The van der Waals surface area contributed by atoms with Gasteiger partial charge in [-0.1, -0.05) is 29.8 Å². The molecule has 18 heavy (non-hydrogen) atoms. The summed E-state index contributed by atoms with van der Waals surface area (Å²) >= 11 is 7.72. The first kappa shape index (κ1) is 12.8. The third kappa shape index (κ3) is 2.98. The van der Waals surface area contributed by atoms with Crippen LogP contribution in [-0.4, -0.2) is 0 Å². The van der Waals surface area contributed by atoms with Crippen LogP contribution in [0.2, 0.25) is 5.02 Å². The Kier molecular flexibility index (Phi) is 4.14. The SMILES string of the molecule is N#Cc1cc(SCc2ccccc2Cl)ccc1N. The van der Waals surface area contributed by atoms with E-state index in [2.05, 4.69) is 6.07 Å². The lowest BCUT2D eigenvalue weighted by Crippen LogP contribution is -1.90. The summed E-state index contributed by atoms with van der Waals surface area (Å²) < 4.78 is 0. The molecule has 0 bridgehead atoms. The predicted octanol–water partition coefficient (Wildman–Crippen LogP) is 4.09. The first-order chi connectivity index (χ1) is 8.70. The molecule has 0 spiro atoms. The third-order valence-corrected chi connectivity index (χ3v) is 3.91. The molecule has 0 aliphatic carbocycles. The minimum Gasteiger partial charge on any atom is -0.398 e. The smallest absolute Gasteiger partial charge is 0.101 e. The third-order valence-electron chi connectivity index (χ3n) is 2.50. The molecule has 0 saturated carbocycles. The fourth-order valence-electron chi connectivity index (χ4n) is 1.50. The Hall–Kier alpha value is -1.63. The Morgan fingerprint density at radius 2 is 2.00 bits per heavy atom. The highest BCUT2D eigenvalue weighted by molar-refractivity contribution is 7.98. The van der Waals surface area contributed by atoms with Crippen LogP contribution in [0.25, 0.3) is 0 Å². The first-order valence-corrected chi connectivity index (χ1v) is 6.73. The number of halogens is 1. The Morgan fingerprint density at radius 3 is 2.72 bits per heavy atom. The standard InChI is InChI=1S/C14H11ClN2S/c15-13-4-2-1-3-10(13)9-18-12-5-6-14(17)11(7-12)8-16/h1-7H,9,17H2. The average molecular weight is 275 g/mol. The van der Waals surface area contributed by atoms with E-state index >= 15 is 0 Å². The summed E-state index contributed by atoms with van der Waals surface area (Å²) in [4.78, 5) is 1.01. The average Bonchev–Trinajstić information content (AvgIpc) is 2.39. The van der Waals surface area contributed by atoms with Gasteiger partial charge in [-0.05, 0) is 29.8 Å². The zero-order chi connectivity index (χ0) is 13.0. The van der Waals surface area contributed by atoms with Gasteiger partial charge in [0.1, 0.15) is 6.07 Å². The van der Waals surface area contributed by atoms with Crippen molar-refractivity contribution < 1.29 is 0 Å². The summed E-state index contributed by atoms with van der Waals surface area (Å²) in [6.45, 7) is 0. The van der Waals surface area contributed by atoms with E-state index in [-0.39, 0.29) is 0 Å². The Balaban J connectivity index is 2.12. The molecule has 0 atom stereocenters. The summed E-state index contributed by atoms with van der Waals surface area (Å²) in [6.07, 6.45) is 0. The molecule has 0 fully saturated rings. The van der Waals surface area contributed by atoms with E-state index in [4.69, 9.17) is 22.6 Å². The Bertz CT molecular complexity index is 605. The summed E-state index contributed by atoms with van der Waals surface area (Å²) in [6, 6.07) is 15.3. The lowest BCUT2D eigenvalue weighted by Gasteiger charge is -2.05. The van der Waals surface area contributed by atoms with E-state index < -0.39 is 0 Å². The second-order valence-corrected chi connectivity index (χ2v) is 5.20. The molecule has 0 amide bonds. The Labute approximate surface area is 115 Å². The normalized spacial score (nSPS) is 10.0. The highest BCUT2D eigenvalue weighted by Crippen LogP contribution is 2.28. The molecule has 2 aromatic rings. The van der Waals surface area contributed by atoms with E-state index in [0.717, 1.165) is 21.2 Å². The molecular weight excluding hydrogens is 264 g/mol. The van der Waals surface area contributed by atoms with Gasteiger partial charge in [0, 0.05) is 21.4 Å². The number of nitriles is 1. The second kappa shape index (κ2) is 5.81. The number of hydrogen-bond acceptors (Lipinski definition) is 3. The fourth-order valence-corrected chi connectivity index (χ4v) is 2.72. The number of benzene rings is 2. The van der Waals surface area contributed by atoms with Gasteiger partial charge in [0.15, 0.2) is 0 Å². The van der Waals surface area contributed by atoms with Crippen molar-refractivity contribution in [1.82, 2.24) is 0 Å². The van der Waals surface area contributed by atoms with E-state index in [1.807, 2.05) is 30.3 Å². The molecule has 0 radical (unpaired) electrons. The van der Waals surface area contributed by atoms with Crippen molar-refractivity contribution in [2.75, 3.05) is 5.73 Å². The van der Waals surface area contributed by atoms with Crippen LogP contribution in [0.3, 0.4) is 0 Å². The zero-order valence-corrected chi connectivity index (χ0v) is 11.1. The van der Waals surface area contributed by atoms with Crippen molar-refractivity contribution in [1.29, 1.82) is 5.26 Å². The highest BCUT2D eigenvalue weighted by Gasteiger charge is 2.03. The van der Waals surface area contributed by atoms with Crippen LogP contribution in [0, 0.1) is 11.3 Å². The quantitative estimate of drug-likeness (QED) is 0.677. The number of nitrogen functional groups attached to an aromatic ring is 1. The van der Waals surface area contributed by atoms with Gasteiger partial charge in [-0.3, -0.25) is 0 Å². The van der Waals surface area contributed by atoms with Crippen LogP contribution >= 0.6 is 23.4 Å². The van der Waals surface area contributed by atoms with Crippen LogP contribution in [-0.2, 0) is 5.75 Å².